The Bertz CT molecular complexity index is 506. The molecule has 4 N–H and O–H groups in total. The van der Waals surface area contributed by atoms with Crippen LogP contribution in [0, 0.1) is 12.8 Å². The van der Waals surface area contributed by atoms with Crippen molar-refractivity contribution in [2.24, 2.45) is 11.7 Å². The van der Waals surface area contributed by atoms with Gasteiger partial charge in [0.25, 0.3) is 0 Å². The van der Waals surface area contributed by atoms with Crippen molar-refractivity contribution < 1.29 is 9.59 Å². The monoisotopic (exact) mass is 313 g/mol. The van der Waals surface area contributed by atoms with Gasteiger partial charge in [-0.1, -0.05) is 26.3 Å². The number of hydrogen-bond acceptors (Lipinski definition) is 3. The second kappa shape index (κ2) is 8.64. The molecule has 0 saturated carbocycles. The number of carbonyl (C=O) groups excluding carboxylic acids is 2. The van der Waals surface area contributed by atoms with Gasteiger partial charge in [0.1, 0.15) is 0 Å². The predicted octanol–water partition coefficient (Wildman–Crippen LogP) is 2.69. The summed E-state index contributed by atoms with van der Waals surface area (Å²) in [4.78, 5) is 23.1. The van der Waals surface area contributed by atoms with E-state index >= 15 is 0 Å². The quantitative estimate of drug-likeness (QED) is 0.781. The minimum atomic E-state index is -0.538. The number of nitrogens with two attached hydrogens (primary N) is 1. The predicted molar refractivity (Wildman–Crippen MR) is 88.8 cm³/mol. The van der Waals surface area contributed by atoms with Crippen LogP contribution in [0.25, 0.3) is 0 Å². The fourth-order valence-electron chi connectivity index (χ4n) is 1.77. The van der Waals surface area contributed by atoms with E-state index < -0.39 is 6.04 Å². The fourth-order valence-corrected chi connectivity index (χ4v) is 1.77. The van der Waals surface area contributed by atoms with Crippen LogP contribution >= 0.6 is 12.4 Å². The van der Waals surface area contributed by atoms with Gasteiger partial charge in [0.05, 0.1) is 6.04 Å². The molecule has 21 heavy (non-hydrogen) atoms. The molecule has 6 heteroatoms. The molecule has 0 fully saturated rings. The summed E-state index contributed by atoms with van der Waals surface area (Å²) in [5, 5.41) is 5.51. The van der Waals surface area contributed by atoms with Gasteiger partial charge in [0.2, 0.25) is 11.8 Å². The van der Waals surface area contributed by atoms with Gasteiger partial charge >= 0.3 is 0 Å². The first-order chi connectivity index (χ1) is 9.35. The number of benzene rings is 1. The van der Waals surface area contributed by atoms with Gasteiger partial charge in [0.15, 0.2) is 0 Å². The largest absolute Gasteiger partial charge is 0.326 e. The average molecular weight is 314 g/mol. The Morgan fingerprint density at radius 3 is 2.43 bits per heavy atom. The Labute approximate surface area is 132 Å². The summed E-state index contributed by atoms with van der Waals surface area (Å²) < 4.78 is 0. The van der Waals surface area contributed by atoms with E-state index in [4.69, 9.17) is 5.73 Å². The molecular formula is C15H24ClN3O2. The van der Waals surface area contributed by atoms with Crippen LogP contribution in [0.3, 0.4) is 0 Å². The van der Waals surface area contributed by atoms with Gasteiger partial charge in [-0.2, -0.15) is 0 Å². The summed E-state index contributed by atoms with van der Waals surface area (Å²) in [6.07, 6.45) is 0.847. The lowest BCUT2D eigenvalue weighted by molar-refractivity contribution is -0.118. The standard InChI is InChI=1S/C15H23N3O2.ClH/c1-5-9(2)14(16)15(20)18-13-8-12(17-11(4)19)7-6-10(13)3;/h6-9,14H,5,16H2,1-4H3,(H,17,19)(H,18,20);1H. The lowest BCUT2D eigenvalue weighted by Gasteiger charge is -2.19. The zero-order valence-electron chi connectivity index (χ0n) is 12.9. The molecule has 2 atom stereocenters. The minimum absolute atomic E-state index is 0. The lowest BCUT2D eigenvalue weighted by atomic mass is 9.99. The van der Waals surface area contributed by atoms with E-state index in [1.54, 1.807) is 12.1 Å². The molecule has 118 valence electrons. The molecule has 1 aromatic rings. The highest BCUT2D eigenvalue weighted by atomic mass is 35.5. The molecule has 0 aliphatic carbocycles. The van der Waals surface area contributed by atoms with Crippen LogP contribution in [0.2, 0.25) is 0 Å². The summed E-state index contributed by atoms with van der Waals surface area (Å²) in [7, 11) is 0. The maximum atomic E-state index is 12.1. The third kappa shape index (κ3) is 5.73. The molecule has 0 radical (unpaired) electrons. The average Bonchev–Trinajstić information content (AvgIpc) is 2.40. The molecular weight excluding hydrogens is 290 g/mol. The SMILES string of the molecule is CCC(C)C(N)C(=O)Nc1cc(NC(C)=O)ccc1C.Cl. The van der Waals surface area contributed by atoms with E-state index in [0.29, 0.717) is 11.4 Å². The van der Waals surface area contributed by atoms with Gasteiger partial charge in [-0.05, 0) is 30.5 Å². The molecule has 0 spiro atoms. The Balaban J connectivity index is 0.00000400. The van der Waals surface area contributed by atoms with Crippen LogP contribution in [-0.2, 0) is 9.59 Å². The zero-order chi connectivity index (χ0) is 15.3. The van der Waals surface area contributed by atoms with Crippen LogP contribution in [0.4, 0.5) is 11.4 Å². The minimum Gasteiger partial charge on any atom is -0.326 e. The number of nitrogens with one attached hydrogen (secondary N) is 2. The number of hydrogen-bond donors (Lipinski definition) is 3. The third-order valence-corrected chi connectivity index (χ3v) is 3.38. The Hall–Kier alpha value is -1.59. The second-order valence-corrected chi connectivity index (χ2v) is 5.11. The van der Waals surface area contributed by atoms with Gasteiger partial charge < -0.3 is 16.4 Å². The van der Waals surface area contributed by atoms with Crippen LogP contribution in [-0.4, -0.2) is 17.9 Å². The normalized spacial score (nSPS) is 12.8. The molecule has 0 heterocycles. The van der Waals surface area contributed by atoms with Crippen LogP contribution in [0.15, 0.2) is 18.2 Å². The molecule has 5 nitrogen and oxygen atoms in total. The van der Waals surface area contributed by atoms with Crippen LogP contribution in [0.1, 0.15) is 32.8 Å². The van der Waals surface area contributed by atoms with E-state index in [1.807, 2.05) is 26.8 Å². The van der Waals surface area contributed by atoms with Crippen molar-refractivity contribution in [1.29, 1.82) is 0 Å². The smallest absolute Gasteiger partial charge is 0.241 e. The van der Waals surface area contributed by atoms with E-state index in [1.165, 1.54) is 6.92 Å². The molecule has 1 aromatic carbocycles. The summed E-state index contributed by atoms with van der Waals surface area (Å²) in [5.74, 6) is -0.237. The Kier molecular flexibility index (Phi) is 7.99. The maximum Gasteiger partial charge on any atom is 0.241 e. The highest BCUT2D eigenvalue weighted by Crippen LogP contribution is 2.21. The number of halogens is 1. The first-order valence-corrected chi connectivity index (χ1v) is 6.79. The van der Waals surface area contributed by atoms with Crippen molar-refractivity contribution in [3.8, 4) is 0 Å². The van der Waals surface area contributed by atoms with E-state index in [9.17, 15) is 9.59 Å². The number of aryl methyl sites for hydroxylation is 1. The summed E-state index contributed by atoms with van der Waals surface area (Å²) in [6.45, 7) is 7.28. The second-order valence-electron chi connectivity index (χ2n) is 5.11. The fraction of sp³-hybridized carbons (Fsp3) is 0.467. The Morgan fingerprint density at radius 1 is 1.29 bits per heavy atom. The van der Waals surface area contributed by atoms with Gasteiger partial charge in [-0.15, -0.1) is 12.4 Å². The summed E-state index contributed by atoms with van der Waals surface area (Å²) in [5.41, 5.74) is 8.14. The lowest BCUT2D eigenvalue weighted by Crippen LogP contribution is -2.40. The number of amides is 2. The van der Waals surface area contributed by atoms with Crippen LogP contribution < -0.4 is 16.4 Å². The van der Waals surface area contributed by atoms with Crippen molar-refractivity contribution in [3.05, 3.63) is 23.8 Å². The van der Waals surface area contributed by atoms with Gasteiger partial charge in [0, 0.05) is 18.3 Å². The first-order valence-electron chi connectivity index (χ1n) is 6.79. The number of carbonyl (C=O) groups is 2. The van der Waals surface area contributed by atoms with E-state index in [-0.39, 0.29) is 30.1 Å². The van der Waals surface area contributed by atoms with Crippen molar-refractivity contribution in [2.75, 3.05) is 10.6 Å². The molecule has 0 aromatic heterocycles. The third-order valence-electron chi connectivity index (χ3n) is 3.38. The first kappa shape index (κ1) is 19.4. The molecule has 2 unspecified atom stereocenters. The van der Waals surface area contributed by atoms with Crippen molar-refractivity contribution in [2.45, 2.75) is 40.2 Å². The molecule has 0 saturated heterocycles. The topological polar surface area (TPSA) is 84.2 Å². The number of anilines is 2. The number of rotatable bonds is 5. The molecule has 0 aliphatic rings. The van der Waals surface area contributed by atoms with Crippen LogP contribution in [0.5, 0.6) is 0 Å². The van der Waals surface area contributed by atoms with Gasteiger partial charge in [-0.25, -0.2) is 0 Å². The summed E-state index contributed by atoms with van der Waals surface area (Å²) in [6, 6.07) is 4.83. The van der Waals surface area contributed by atoms with Gasteiger partial charge in [-0.3, -0.25) is 9.59 Å². The highest BCUT2D eigenvalue weighted by Gasteiger charge is 2.20. The van der Waals surface area contributed by atoms with Crippen molar-refractivity contribution >= 4 is 35.6 Å². The molecule has 0 aliphatic heterocycles. The van der Waals surface area contributed by atoms with E-state index in [0.717, 1.165) is 12.0 Å². The van der Waals surface area contributed by atoms with E-state index in [2.05, 4.69) is 10.6 Å². The molecule has 1 rings (SSSR count). The van der Waals surface area contributed by atoms with Crippen molar-refractivity contribution in [1.82, 2.24) is 0 Å². The Morgan fingerprint density at radius 2 is 1.90 bits per heavy atom. The summed E-state index contributed by atoms with van der Waals surface area (Å²) >= 11 is 0. The maximum absolute atomic E-state index is 12.1. The molecule has 0 bridgehead atoms. The van der Waals surface area contributed by atoms with Crippen molar-refractivity contribution in [3.63, 3.8) is 0 Å². The zero-order valence-corrected chi connectivity index (χ0v) is 13.7. The molecule has 2 amide bonds. The highest BCUT2D eigenvalue weighted by molar-refractivity contribution is 5.97.